The van der Waals surface area contributed by atoms with Crippen molar-refractivity contribution >= 4 is 0 Å². The minimum Gasteiger partial charge on any atom is -0.0835 e. The molecule has 0 bridgehead atoms. The van der Waals surface area contributed by atoms with Crippen molar-refractivity contribution in [1.29, 1.82) is 0 Å². The summed E-state index contributed by atoms with van der Waals surface area (Å²) in [7, 11) is 0. The van der Waals surface area contributed by atoms with Crippen LogP contribution in [0.2, 0.25) is 0 Å². The minimum absolute atomic E-state index is 0.558. The topological polar surface area (TPSA) is 0 Å². The first-order valence-corrected chi connectivity index (χ1v) is 5.55. The summed E-state index contributed by atoms with van der Waals surface area (Å²) in [5.41, 5.74) is 4.52. The van der Waals surface area contributed by atoms with Gasteiger partial charge in [-0.3, -0.25) is 0 Å². The van der Waals surface area contributed by atoms with Crippen LogP contribution in [0.15, 0.2) is 71.4 Å². The first-order valence-electron chi connectivity index (χ1n) is 5.55. The molecule has 1 atom stereocenters. The molecule has 0 saturated carbocycles. The average molecular weight is 194 g/mol. The van der Waals surface area contributed by atoms with Gasteiger partial charge in [-0.2, -0.15) is 0 Å². The highest BCUT2D eigenvalue weighted by atomic mass is 14.3. The molecule has 0 heterocycles. The molecular formula is C15H14. The van der Waals surface area contributed by atoms with E-state index < -0.39 is 0 Å². The van der Waals surface area contributed by atoms with Crippen molar-refractivity contribution in [2.45, 2.75) is 12.8 Å². The standard InChI is InChI=1S/C15H14/c1-2-7-12(6-1)14-10-5-11-15(14)13-8-3-4-9-13/h1-8,11,15H,9-10H2. The van der Waals surface area contributed by atoms with E-state index in [1.54, 1.807) is 11.1 Å². The molecule has 3 aliphatic carbocycles. The maximum Gasteiger partial charge on any atom is 0.0205 e. The van der Waals surface area contributed by atoms with Crippen LogP contribution in [0.4, 0.5) is 0 Å². The third kappa shape index (κ3) is 1.46. The van der Waals surface area contributed by atoms with E-state index in [-0.39, 0.29) is 0 Å². The average Bonchev–Trinajstić information content (AvgIpc) is 3.01. The molecule has 0 nitrogen and oxygen atoms in total. The van der Waals surface area contributed by atoms with Crippen molar-refractivity contribution < 1.29 is 0 Å². The van der Waals surface area contributed by atoms with Gasteiger partial charge in [-0.25, -0.2) is 0 Å². The summed E-state index contributed by atoms with van der Waals surface area (Å²) in [6.07, 6.45) is 22.3. The monoisotopic (exact) mass is 194 g/mol. The van der Waals surface area contributed by atoms with Gasteiger partial charge in [0.15, 0.2) is 0 Å². The Morgan fingerprint density at radius 1 is 0.933 bits per heavy atom. The lowest BCUT2D eigenvalue weighted by molar-refractivity contribution is 0.875. The summed E-state index contributed by atoms with van der Waals surface area (Å²) in [6, 6.07) is 0. The first-order chi connectivity index (χ1) is 7.45. The van der Waals surface area contributed by atoms with Gasteiger partial charge in [-0.05, 0) is 24.0 Å². The molecule has 15 heavy (non-hydrogen) atoms. The van der Waals surface area contributed by atoms with Gasteiger partial charge < -0.3 is 0 Å². The van der Waals surface area contributed by atoms with E-state index in [4.69, 9.17) is 0 Å². The fourth-order valence-electron chi connectivity index (χ4n) is 2.50. The molecule has 0 aromatic carbocycles. The van der Waals surface area contributed by atoms with E-state index in [1.807, 2.05) is 0 Å². The van der Waals surface area contributed by atoms with E-state index in [0.29, 0.717) is 5.92 Å². The largest absolute Gasteiger partial charge is 0.0835 e. The van der Waals surface area contributed by atoms with Crippen LogP contribution >= 0.6 is 0 Å². The van der Waals surface area contributed by atoms with Crippen LogP contribution < -0.4 is 0 Å². The molecule has 3 aliphatic rings. The molecule has 0 heteroatoms. The minimum atomic E-state index is 0.558. The van der Waals surface area contributed by atoms with Crippen molar-refractivity contribution in [3.8, 4) is 0 Å². The van der Waals surface area contributed by atoms with E-state index >= 15 is 0 Å². The van der Waals surface area contributed by atoms with Gasteiger partial charge in [0.25, 0.3) is 0 Å². The Morgan fingerprint density at radius 2 is 1.80 bits per heavy atom. The van der Waals surface area contributed by atoms with Gasteiger partial charge in [0.05, 0.1) is 0 Å². The summed E-state index contributed by atoms with van der Waals surface area (Å²) >= 11 is 0. The van der Waals surface area contributed by atoms with E-state index in [2.05, 4.69) is 54.7 Å². The van der Waals surface area contributed by atoms with Gasteiger partial charge in [-0.1, -0.05) is 60.3 Å². The number of rotatable bonds is 1. The van der Waals surface area contributed by atoms with Crippen molar-refractivity contribution in [3.05, 3.63) is 71.4 Å². The summed E-state index contributed by atoms with van der Waals surface area (Å²) in [5.74, 6) is 0.558. The van der Waals surface area contributed by atoms with Crippen LogP contribution in [-0.2, 0) is 0 Å². The predicted octanol–water partition coefficient (Wildman–Crippen LogP) is 3.87. The molecule has 0 radical (unpaired) electrons. The number of hydrogen-bond acceptors (Lipinski definition) is 0. The lowest BCUT2D eigenvalue weighted by Crippen LogP contribution is -2.01. The fourth-order valence-corrected chi connectivity index (χ4v) is 2.50. The predicted molar refractivity (Wildman–Crippen MR) is 64.4 cm³/mol. The molecule has 0 aromatic heterocycles. The molecule has 1 unspecified atom stereocenters. The van der Waals surface area contributed by atoms with Crippen molar-refractivity contribution in [3.63, 3.8) is 0 Å². The quantitative estimate of drug-likeness (QED) is 0.556. The molecule has 0 fully saturated rings. The Labute approximate surface area is 90.7 Å². The highest BCUT2D eigenvalue weighted by molar-refractivity contribution is 5.50. The Balaban J connectivity index is 1.95. The van der Waals surface area contributed by atoms with E-state index in [1.165, 1.54) is 5.57 Å². The second kappa shape index (κ2) is 3.54. The van der Waals surface area contributed by atoms with Crippen molar-refractivity contribution in [2.75, 3.05) is 0 Å². The molecule has 74 valence electrons. The highest BCUT2D eigenvalue weighted by Gasteiger charge is 2.22. The Bertz CT molecular complexity index is 436. The number of hydrogen-bond donors (Lipinski definition) is 0. The second-order valence-electron chi connectivity index (χ2n) is 4.18. The molecule has 0 N–H and O–H groups in total. The van der Waals surface area contributed by atoms with Gasteiger partial charge in [0.1, 0.15) is 0 Å². The lowest BCUT2D eigenvalue weighted by Gasteiger charge is -2.14. The fraction of sp³-hybridized carbons (Fsp3) is 0.200. The first kappa shape index (κ1) is 8.72. The molecular weight excluding hydrogens is 180 g/mol. The van der Waals surface area contributed by atoms with Crippen LogP contribution in [-0.4, -0.2) is 0 Å². The third-order valence-electron chi connectivity index (χ3n) is 3.27. The van der Waals surface area contributed by atoms with Crippen LogP contribution in [0.5, 0.6) is 0 Å². The van der Waals surface area contributed by atoms with Crippen LogP contribution in [0.1, 0.15) is 12.8 Å². The number of allylic oxidation sites excluding steroid dienone is 12. The summed E-state index contributed by atoms with van der Waals surface area (Å²) < 4.78 is 0. The Morgan fingerprint density at radius 3 is 2.53 bits per heavy atom. The SMILES string of the molecule is C1=CCC(C2C=CCC2=C2C=CC=C2)=C1. The van der Waals surface area contributed by atoms with Crippen molar-refractivity contribution in [2.24, 2.45) is 5.92 Å². The summed E-state index contributed by atoms with van der Waals surface area (Å²) in [5, 5.41) is 0. The summed E-state index contributed by atoms with van der Waals surface area (Å²) in [6.45, 7) is 0. The maximum absolute atomic E-state index is 2.35. The zero-order valence-electron chi connectivity index (χ0n) is 8.69. The highest BCUT2D eigenvalue weighted by Crippen LogP contribution is 2.37. The van der Waals surface area contributed by atoms with Gasteiger partial charge in [0.2, 0.25) is 0 Å². The molecule has 0 aliphatic heterocycles. The zero-order chi connectivity index (χ0) is 10.1. The van der Waals surface area contributed by atoms with Gasteiger partial charge in [-0.15, -0.1) is 0 Å². The smallest absolute Gasteiger partial charge is 0.0205 e. The van der Waals surface area contributed by atoms with Crippen LogP contribution in [0, 0.1) is 5.92 Å². The van der Waals surface area contributed by atoms with Crippen molar-refractivity contribution in [1.82, 2.24) is 0 Å². The zero-order valence-corrected chi connectivity index (χ0v) is 8.69. The molecule has 0 amide bonds. The van der Waals surface area contributed by atoms with Gasteiger partial charge >= 0.3 is 0 Å². The normalized spacial score (nSPS) is 27.2. The molecule has 0 saturated heterocycles. The maximum atomic E-state index is 2.35. The molecule has 0 aromatic rings. The third-order valence-corrected chi connectivity index (χ3v) is 3.27. The van der Waals surface area contributed by atoms with Crippen LogP contribution in [0.25, 0.3) is 0 Å². The van der Waals surface area contributed by atoms with Crippen LogP contribution in [0.3, 0.4) is 0 Å². The Kier molecular flexibility index (Phi) is 2.06. The lowest BCUT2D eigenvalue weighted by atomic mass is 9.90. The van der Waals surface area contributed by atoms with E-state index in [9.17, 15) is 0 Å². The molecule has 0 spiro atoms. The second-order valence-corrected chi connectivity index (χ2v) is 4.18. The Hall–Kier alpha value is -1.56. The molecule has 3 rings (SSSR count). The van der Waals surface area contributed by atoms with E-state index in [0.717, 1.165) is 12.8 Å². The summed E-state index contributed by atoms with van der Waals surface area (Å²) in [4.78, 5) is 0. The van der Waals surface area contributed by atoms with Gasteiger partial charge in [0, 0.05) is 5.92 Å².